The predicted octanol–water partition coefficient (Wildman–Crippen LogP) is 4.79. The molecule has 2 N–H and O–H groups in total. The predicted molar refractivity (Wildman–Crippen MR) is 151 cm³/mol. The van der Waals surface area contributed by atoms with Crippen molar-refractivity contribution in [3.63, 3.8) is 0 Å². The van der Waals surface area contributed by atoms with Gasteiger partial charge in [0.1, 0.15) is 16.4 Å². The van der Waals surface area contributed by atoms with Gasteiger partial charge >= 0.3 is 6.18 Å². The van der Waals surface area contributed by atoms with Crippen molar-refractivity contribution in [1.29, 1.82) is 0 Å². The third-order valence-corrected chi connectivity index (χ3v) is 9.97. The summed E-state index contributed by atoms with van der Waals surface area (Å²) in [4.78, 5) is 9.85. The second-order valence-corrected chi connectivity index (χ2v) is 13.0. The van der Waals surface area contributed by atoms with Gasteiger partial charge in [-0.15, -0.1) is 0 Å². The lowest BCUT2D eigenvalue weighted by atomic mass is 9.93. The van der Waals surface area contributed by atoms with Gasteiger partial charge in [-0.3, -0.25) is 4.90 Å². The molecule has 1 aliphatic heterocycles. The first-order valence-corrected chi connectivity index (χ1v) is 15.8. The van der Waals surface area contributed by atoms with E-state index in [1.54, 1.807) is 6.20 Å². The fourth-order valence-electron chi connectivity index (χ4n) is 5.73. The number of halogens is 4. The minimum Gasteiger partial charge on any atom is -0.393 e. The maximum atomic E-state index is 15.5. The molecule has 1 aromatic carbocycles. The number of nitrogens with one attached hydrogen (secondary N) is 1. The normalized spacial score (nSPS) is 21.2. The van der Waals surface area contributed by atoms with Crippen LogP contribution in [0.25, 0.3) is 22.2 Å². The maximum Gasteiger partial charge on any atom is 0.401 e. The number of piperazine rings is 1. The van der Waals surface area contributed by atoms with Crippen LogP contribution in [0.1, 0.15) is 51.5 Å². The number of aromatic nitrogens is 3. The summed E-state index contributed by atoms with van der Waals surface area (Å²) in [6.07, 6.45) is 3.70. The van der Waals surface area contributed by atoms with E-state index in [1.807, 2.05) is 10.8 Å². The van der Waals surface area contributed by atoms with Crippen LogP contribution in [0.15, 0.2) is 35.5 Å². The Hall–Kier alpha value is -2.81. The van der Waals surface area contributed by atoms with Gasteiger partial charge in [-0.1, -0.05) is 19.4 Å². The molecule has 230 valence electrons. The Morgan fingerprint density at radius 3 is 2.45 bits per heavy atom. The van der Waals surface area contributed by atoms with Crippen molar-refractivity contribution in [1.82, 2.24) is 23.7 Å². The van der Waals surface area contributed by atoms with Gasteiger partial charge in [0, 0.05) is 62.1 Å². The Morgan fingerprint density at radius 1 is 1.10 bits per heavy atom. The highest BCUT2D eigenvalue weighted by Crippen LogP contribution is 2.37. The Labute approximate surface area is 242 Å². The molecule has 1 saturated heterocycles. The van der Waals surface area contributed by atoms with Gasteiger partial charge in [0.25, 0.3) is 0 Å². The van der Waals surface area contributed by atoms with E-state index in [1.165, 1.54) is 18.2 Å². The summed E-state index contributed by atoms with van der Waals surface area (Å²) in [6, 6.07) is 4.00. The van der Waals surface area contributed by atoms with Gasteiger partial charge in [-0.25, -0.2) is 17.8 Å². The van der Waals surface area contributed by atoms with Crippen LogP contribution >= 0.6 is 0 Å². The number of benzene rings is 1. The largest absolute Gasteiger partial charge is 0.401 e. The van der Waals surface area contributed by atoms with E-state index in [2.05, 4.69) is 17.2 Å². The average Bonchev–Trinajstić information content (AvgIpc) is 3.32. The minimum atomic E-state index is -4.37. The molecule has 14 heteroatoms. The van der Waals surface area contributed by atoms with Gasteiger partial charge in [0.2, 0.25) is 16.0 Å². The number of sulfonamides is 1. The fourth-order valence-corrected chi connectivity index (χ4v) is 7.20. The number of fused-ring (bicyclic) bond motifs is 1. The SMILES string of the molecule is CCCCNc1ncc2c(-c3ccc(S(=O)(=O)N4CCN(CC(F)(F)F)CC4)c(F)c3)cn(C3CCC(O)CC3)c2n1. The van der Waals surface area contributed by atoms with E-state index < -0.39 is 33.5 Å². The number of anilines is 1. The first-order chi connectivity index (χ1) is 20.0. The van der Waals surface area contributed by atoms with Crippen molar-refractivity contribution >= 4 is 27.0 Å². The van der Waals surface area contributed by atoms with Crippen LogP contribution in [0.3, 0.4) is 0 Å². The van der Waals surface area contributed by atoms with Gasteiger partial charge in [0.05, 0.1) is 12.6 Å². The quantitative estimate of drug-likeness (QED) is 0.265. The standard InChI is InChI=1S/C28H36F4N6O3S/c1-2-3-10-33-27-34-16-22-23(17-38(26(22)35-27)20-5-7-21(39)8-6-20)19-4-9-25(24(29)15-19)42(40,41)37-13-11-36(12-14-37)18-28(30,31)32/h4,9,15-17,20-21,39H,2-3,5-8,10-14,18H2,1H3,(H,33,34,35). The molecule has 3 heterocycles. The molecule has 1 aliphatic carbocycles. The third kappa shape index (κ3) is 6.71. The molecule has 2 fully saturated rings. The molecule has 0 bridgehead atoms. The van der Waals surface area contributed by atoms with Crippen molar-refractivity contribution < 1.29 is 31.1 Å². The van der Waals surface area contributed by atoms with Gasteiger partial charge in [-0.05, 0) is 49.8 Å². The molecule has 0 radical (unpaired) electrons. The van der Waals surface area contributed by atoms with Crippen LogP contribution in [0.5, 0.6) is 0 Å². The Kier molecular flexibility index (Phi) is 9.07. The number of nitrogens with zero attached hydrogens (tertiary/aromatic N) is 5. The Morgan fingerprint density at radius 2 is 1.81 bits per heavy atom. The number of alkyl halides is 3. The fraction of sp³-hybridized carbons (Fsp3) is 0.571. The van der Waals surface area contributed by atoms with Crippen molar-refractivity contribution in [3.8, 4) is 11.1 Å². The highest BCUT2D eigenvalue weighted by Gasteiger charge is 2.36. The number of unbranched alkanes of at least 4 members (excludes halogenated alkanes) is 1. The molecule has 0 atom stereocenters. The van der Waals surface area contributed by atoms with Crippen molar-refractivity contribution in [2.75, 3.05) is 44.6 Å². The number of hydrogen-bond acceptors (Lipinski definition) is 7. The second-order valence-electron chi connectivity index (χ2n) is 11.1. The minimum absolute atomic E-state index is 0.0866. The van der Waals surface area contributed by atoms with Crippen molar-refractivity contribution in [2.24, 2.45) is 0 Å². The summed E-state index contributed by atoms with van der Waals surface area (Å²) < 4.78 is 83.2. The maximum absolute atomic E-state index is 15.5. The summed E-state index contributed by atoms with van der Waals surface area (Å²) in [6.45, 7) is 1.21. The molecular weight excluding hydrogens is 576 g/mol. The van der Waals surface area contributed by atoms with E-state index in [4.69, 9.17) is 4.98 Å². The zero-order valence-corrected chi connectivity index (χ0v) is 24.3. The molecule has 3 aromatic rings. The third-order valence-electron chi connectivity index (χ3n) is 8.04. The lowest BCUT2D eigenvalue weighted by Crippen LogP contribution is -2.50. The monoisotopic (exact) mass is 612 g/mol. The number of aliphatic hydroxyl groups is 1. The highest BCUT2D eigenvalue weighted by atomic mass is 32.2. The van der Waals surface area contributed by atoms with E-state index in [0.29, 0.717) is 41.0 Å². The zero-order chi connectivity index (χ0) is 30.1. The number of hydrogen-bond donors (Lipinski definition) is 2. The zero-order valence-electron chi connectivity index (χ0n) is 23.4. The number of aliphatic hydroxyl groups excluding tert-OH is 1. The van der Waals surface area contributed by atoms with E-state index in [9.17, 15) is 26.7 Å². The molecule has 42 heavy (non-hydrogen) atoms. The smallest absolute Gasteiger partial charge is 0.393 e. The first-order valence-electron chi connectivity index (χ1n) is 14.3. The molecule has 2 aliphatic rings. The summed E-state index contributed by atoms with van der Waals surface area (Å²) in [5.74, 6) is -0.452. The summed E-state index contributed by atoms with van der Waals surface area (Å²) >= 11 is 0. The number of rotatable bonds is 9. The lowest BCUT2D eigenvalue weighted by molar-refractivity contribution is -0.148. The first kappa shape index (κ1) is 30.6. The average molecular weight is 613 g/mol. The lowest BCUT2D eigenvalue weighted by Gasteiger charge is -2.34. The summed E-state index contributed by atoms with van der Waals surface area (Å²) in [5, 5.41) is 14.0. The molecule has 9 nitrogen and oxygen atoms in total. The van der Waals surface area contributed by atoms with E-state index >= 15 is 4.39 Å². The van der Waals surface area contributed by atoms with Crippen LogP contribution in [-0.2, 0) is 10.0 Å². The topological polar surface area (TPSA) is 104 Å². The molecule has 2 aromatic heterocycles. The van der Waals surface area contributed by atoms with Crippen LogP contribution < -0.4 is 5.32 Å². The molecule has 5 rings (SSSR count). The van der Waals surface area contributed by atoms with Gasteiger partial charge < -0.3 is 15.0 Å². The van der Waals surface area contributed by atoms with E-state index in [0.717, 1.165) is 41.4 Å². The van der Waals surface area contributed by atoms with E-state index in [-0.39, 0.29) is 38.3 Å². The van der Waals surface area contributed by atoms with Crippen molar-refractivity contribution in [2.45, 2.75) is 68.7 Å². The van der Waals surface area contributed by atoms with Crippen molar-refractivity contribution in [3.05, 3.63) is 36.4 Å². The summed E-state index contributed by atoms with van der Waals surface area (Å²) in [5.41, 5.74) is 1.78. The molecular formula is C28H36F4N6O3S. The Bertz CT molecular complexity index is 1500. The van der Waals surface area contributed by atoms with Gasteiger partial charge in [0.15, 0.2) is 0 Å². The van der Waals surface area contributed by atoms with Crippen LogP contribution in [0.2, 0.25) is 0 Å². The van der Waals surface area contributed by atoms with Crippen LogP contribution in [0, 0.1) is 5.82 Å². The molecule has 0 unspecified atom stereocenters. The molecule has 0 amide bonds. The van der Waals surface area contributed by atoms with Gasteiger partial charge in [-0.2, -0.15) is 22.5 Å². The van der Waals surface area contributed by atoms with Crippen LogP contribution in [0.4, 0.5) is 23.5 Å². The Balaban J connectivity index is 1.43. The van der Waals surface area contributed by atoms with Crippen LogP contribution in [-0.4, -0.2) is 88.8 Å². The molecule has 1 saturated carbocycles. The highest BCUT2D eigenvalue weighted by molar-refractivity contribution is 7.89. The summed E-state index contributed by atoms with van der Waals surface area (Å²) in [7, 11) is -4.25. The second kappa shape index (κ2) is 12.4. The molecule has 0 spiro atoms.